The first-order valence-electron chi connectivity index (χ1n) is 13.7. The number of hydrogen-bond donors (Lipinski definition) is 2. The molecule has 15 heteroatoms. The van der Waals surface area contributed by atoms with E-state index in [-0.39, 0.29) is 52.6 Å². The molecule has 230 valence electrons. The number of ether oxygens (including phenoxy) is 1. The Labute approximate surface area is 251 Å². The van der Waals surface area contributed by atoms with Crippen molar-refractivity contribution in [3.05, 3.63) is 64.1 Å². The van der Waals surface area contributed by atoms with Crippen molar-refractivity contribution >= 4 is 34.7 Å². The molecular weight excluding hydrogens is 592 g/mol. The van der Waals surface area contributed by atoms with E-state index in [1.165, 1.54) is 18.2 Å². The second-order valence-electron chi connectivity index (χ2n) is 10.3. The summed E-state index contributed by atoms with van der Waals surface area (Å²) in [6.07, 6.45) is -3.53. The Hall–Kier alpha value is -3.59. The van der Waals surface area contributed by atoms with Gasteiger partial charge in [-0.05, 0) is 30.8 Å². The number of anilines is 3. The van der Waals surface area contributed by atoms with Crippen LogP contribution < -0.4 is 10.2 Å². The highest BCUT2D eigenvalue weighted by Crippen LogP contribution is 2.39. The van der Waals surface area contributed by atoms with Crippen LogP contribution in [0.4, 0.5) is 40.7 Å². The number of nitrogens with one attached hydrogen (secondary N) is 1. The van der Waals surface area contributed by atoms with Gasteiger partial charge in [0.2, 0.25) is 0 Å². The van der Waals surface area contributed by atoms with Gasteiger partial charge in [0.05, 0.1) is 37.2 Å². The normalized spacial score (nSPS) is 17.1. The number of rotatable bonds is 8. The van der Waals surface area contributed by atoms with Gasteiger partial charge < -0.3 is 25.0 Å². The van der Waals surface area contributed by atoms with Gasteiger partial charge in [-0.25, -0.2) is 9.37 Å². The maximum Gasteiger partial charge on any atom is 0.416 e. The number of azo groups is 1. The molecule has 2 fully saturated rings. The highest BCUT2D eigenvalue weighted by Gasteiger charge is 2.34. The van der Waals surface area contributed by atoms with Crippen LogP contribution >= 0.6 is 11.6 Å². The van der Waals surface area contributed by atoms with E-state index in [0.717, 1.165) is 25.4 Å². The predicted molar refractivity (Wildman–Crippen MR) is 154 cm³/mol. The number of halogens is 5. The van der Waals surface area contributed by atoms with Crippen LogP contribution in [0, 0.1) is 5.82 Å². The van der Waals surface area contributed by atoms with Crippen LogP contribution in [0.1, 0.15) is 16.7 Å². The number of likely N-dealkylation sites (N-methyl/N-ethyl adjacent to an activating group) is 1. The smallest absolute Gasteiger partial charge is 0.416 e. The number of alkyl halides is 3. The molecule has 3 heterocycles. The topological polar surface area (TPSA) is 102 Å². The van der Waals surface area contributed by atoms with Crippen LogP contribution in [0.3, 0.4) is 0 Å². The first-order chi connectivity index (χ1) is 20.6. The molecule has 0 saturated carbocycles. The van der Waals surface area contributed by atoms with Crippen molar-refractivity contribution in [2.75, 3.05) is 69.7 Å². The number of aromatic hydroxyl groups is 1. The van der Waals surface area contributed by atoms with E-state index in [2.05, 4.69) is 30.4 Å². The van der Waals surface area contributed by atoms with Gasteiger partial charge in [-0.2, -0.15) is 23.3 Å². The van der Waals surface area contributed by atoms with Crippen LogP contribution in [0.15, 0.2) is 46.8 Å². The van der Waals surface area contributed by atoms with Crippen LogP contribution in [-0.4, -0.2) is 84.4 Å². The van der Waals surface area contributed by atoms with Crippen LogP contribution in [0.25, 0.3) is 0 Å². The van der Waals surface area contributed by atoms with Gasteiger partial charge in [0, 0.05) is 57.1 Å². The molecule has 1 aromatic heterocycles. The van der Waals surface area contributed by atoms with Crippen molar-refractivity contribution < 1.29 is 27.4 Å². The van der Waals surface area contributed by atoms with Gasteiger partial charge in [-0.3, -0.25) is 4.90 Å². The molecule has 2 aliphatic heterocycles. The lowest BCUT2D eigenvalue weighted by atomic mass is 10.0. The summed E-state index contributed by atoms with van der Waals surface area (Å²) in [6, 6.07) is 7.13. The van der Waals surface area contributed by atoms with Crippen LogP contribution in [0.5, 0.6) is 5.75 Å². The average Bonchev–Trinajstić information content (AvgIpc) is 2.99. The lowest BCUT2D eigenvalue weighted by molar-refractivity contribution is -0.138. The zero-order valence-corrected chi connectivity index (χ0v) is 24.2. The lowest BCUT2D eigenvalue weighted by Gasteiger charge is -2.33. The minimum Gasteiger partial charge on any atom is -0.506 e. The number of aromatic nitrogens is 2. The molecule has 0 aliphatic carbocycles. The monoisotopic (exact) mass is 622 g/mol. The number of phenols is 1. The molecular formula is C28H31ClF4N8O2. The van der Waals surface area contributed by atoms with Crippen molar-refractivity contribution in [2.45, 2.75) is 19.3 Å². The highest BCUT2D eigenvalue weighted by molar-refractivity contribution is 6.34. The second kappa shape index (κ2) is 13.4. The van der Waals surface area contributed by atoms with Gasteiger partial charge in [0.25, 0.3) is 5.95 Å². The first-order valence-corrected chi connectivity index (χ1v) is 14.1. The summed E-state index contributed by atoms with van der Waals surface area (Å²) >= 11 is 6.37. The summed E-state index contributed by atoms with van der Waals surface area (Å²) in [5.74, 6) is -0.833. The zero-order valence-electron chi connectivity index (χ0n) is 23.4. The third kappa shape index (κ3) is 7.68. The first kappa shape index (κ1) is 30.9. The van der Waals surface area contributed by atoms with E-state index in [1.807, 2.05) is 11.9 Å². The number of nitrogens with zero attached hydrogens (tertiary/aromatic N) is 7. The number of phenolic OH excluding ortho intramolecular Hbond substituents is 1. The summed E-state index contributed by atoms with van der Waals surface area (Å²) in [5.41, 5.74) is 0.172. The molecule has 0 spiro atoms. The highest BCUT2D eigenvalue weighted by atomic mass is 35.5. The summed E-state index contributed by atoms with van der Waals surface area (Å²) in [4.78, 5) is 13.9. The number of hydrogen-bond acceptors (Lipinski definition) is 10. The van der Waals surface area contributed by atoms with Crippen molar-refractivity contribution in [3.63, 3.8) is 0 Å². The minimum absolute atomic E-state index is 0.0525. The fourth-order valence-corrected chi connectivity index (χ4v) is 5.09. The van der Waals surface area contributed by atoms with E-state index >= 15 is 0 Å². The Bertz CT molecular complexity index is 1460. The van der Waals surface area contributed by atoms with Crippen molar-refractivity contribution in [1.29, 1.82) is 0 Å². The second-order valence-corrected chi connectivity index (χ2v) is 10.7. The van der Waals surface area contributed by atoms with Crippen molar-refractivity contribution in [3.8, 4) is 5.75 Å². The van der Waals surface area contributed by atoms with Crippen LogP contribution in [0.2, 0.25) is 5.02 Å². The molecule has 2 N–H and O–H groups in total. The lowest BCUT2D eigenvalue weighted by Crippen LogP contribution is -2.44. The average molecular weight is 623 g/mol. The fourth-order valence-electron chi connectivity index (χ4n) is 4.86. The van der Waals surface area contributed by atoms with Gasteiger partial charge in [-0.1, -0.05) is 23.7 Å². The Morgan fingerprint density at radius 1 is 1.05 bits per heavy atom. The molecule has 0 amide bonds. The van der Waals surface area contributed by atoms with E-state index in [1.54, 1.807) is 11.0 Å². The summed E-state index contributed by atoms with van der Waals surface area (Å²) < 4.78 is 61.5. The zero-order chi connectivity index (χ0) is 30.6. The summed E-state index contributed by atoms with van der Waals surface area (Å²) in [5, 5.41) is 21.4. The Morgan fingerprint density at radius 2 is 1.77 bits per heavy atom. The van der Waals surface area contributed by atoms with E-state index in [9.17, 15) is 22.7 Å². The van der Waals surface area contributed by atoms with Gasteiger partial charge in [0.1, 0.15) is 10.8 Å². The summed E-state index contributed by atoms with van der Waals surface area (Å²) in [7, 11) is 1.99. The third-order valence-electron chi connectivity index (χ3n) is 7.31. The Morgan fingerprint density at radius 3 is 2.49 bits per heavy atom. The molecule has 2 saturated heterocycles. The fraction of sp³-hybridized carbons (Fsp3) is 0.429. The molecule has 0 atom stereocenters. The molecule has 2 aliphatic rings. The summed E-state index contributed by atoms with van der Waals surface area (Å²) in [6.45, 7) is 4.97. The largest absolute Gasteiger partial charge is 0.506 e. The predicted octanol–water partition coefficient (Wildman–Crippen LogP) is 5.61. The molecule has 3 aromatic rings. The van der Waals surface area contributed by atoms with Crippen molar-refractivity contribution in [2.24, 2.45) is 10.2 Å². The van der Waals surface area contributed by atoms with E-state index in [0.29, 0.717) is 45.0 Å². The number of morpholine rings is 1. The number of piperazine rings is 1. The molecule has 10 nitrogen and oxygen atoms in total. The maximum absolute atomic E-state index is 14.2. The Kier molecular flexibility index (Phi) is 9.59. The SMILES string of the molecule is CN1CCN(Cc2ccc(Nc3ccc(CN=Nc4ncc(F)c(N5CCOCC5)n4)c(O)c3Cl)cc2C(F)(F)F)CC1. The van der Waals surface area contributed by atoms with E-state index < -0.39 is 17.6 Å². The minimum atomic E-state index is -4.54. The quantitative estimate of drug-likeness (QED) is 0.247. The molecule has 0 bridgehead atoms. The van der Waals surface area contributed by atoms with Gasteiger partial charge in [-0.15, -0.1) is 5.11 Å². The van der Waals surface area contributed by atoms with E-state index in [4.69, 9.17) is 16.3 Å². The molecule has 0 unspecified atom stereocenters. The van der Waals surface area contributed by atoms with Gasteiger partial charge >= 0.3 is 6.18 Å². The van der Waals surface area contributed by atoms with Crippen LogP contribution in [-0.2, 0) is 24.0 Å². The van der Waals surface area contributed by atoms with Gasteiger partial charge in [0.15, 0.2) is 11.6 Å². The molecule has 43 heavy (non-hydrogen) atoms. The Balaban J connectivity index is 1.27. The molecule has 2 aromatic carbocycles. The standard InChI is InChI=1S/C28H31ClF4N8O2/c1-39-6-8-40(9-7-39)17-19-2-4-20(14-21(19)28(31,32)33)36-23-5-3-18(25(42)24(23)29)15-35-38-27-34-16-22(30)26(37-27)41-10-12-43-13-11-41/h2-5,14,16,36,42H,6-13,15,17H2,1H3. The number of benzene rings is 2. The third-order valence-corrected chi connectivity index (χ3v) is 7.69. The molecule has 0 radical (unpaired) electrons. The molecule has 5 rings (SSSR count). The van der Waals surface area contributed by atoms with Crippen molar-refractivity contribution in [1.82, 2.24) is 19.8 Å². The maximum atomic E-state index is 14.2.